The molecule has 2 unspecified atom stereocenters. The van der Waals surface area contributed by atoms with E-state index >= 15 is 0 Å². The molecule has 0 bridgehead atoms. The summed E-state index contributed by atoms with van der Waals surface area (Å²) in [5.74, 6) is -0.0226. The fourth-order valence-corrected chi connectivity index (χ4v) is 11.0. The first kappa shape index (κ1) is 76.1. The van der Waals surface area contributed by atoms with Crippen LogP contribution in [0.15, 0.2) is 36.5 Å². The number of esters is 1. The predicted octanol–water partition coefficient (Wildman–Crippen LogP) is 22.7. The van der Waals surface area contributed by atoms with Crippen LogP contribution in [0.4, 0.5) is 0 Å². The summed E-state index contributed by atoms with van der Waals surface area (Å²) in [5.41, 5.74) is 0. The van der Waals surface area contributed by atoms with E-state index in [1.54, 1.807) is 0 Å². The standard InChI is InChI=1S/C72H137NO5/c1-3-5-7-9-11-13-15-17-19-20-35-38-42-46-50-54-58-62-66-72(77)78-67-63-59-55-51-47-43-39-36-33-31-29-27-25-23-21-22-24-26-28-30-32-34-37-41-45-49-53-57-61-65-71(76)73-69(68-74)70(75)64-60-56-52-48-44-40-18-16-14-12-10-8-6-4-2/h13,15,19-21,23,69-70,74-75H,3-12,14,16-18,22,24-68H2,1-2H3,(H,73,76)/b15-13-,20-19-,23-21-. The molecule has 3 N–H and O–H groups in total. The molecule has 0 heterocycles. The summed E-state index contributed by atoms with van der Waals surface area (Å²) >= 11 is 0. The third kappa shape index (κ3) is 63.3. The Labute approximate surface area is 487 Å². The van der Waals surface area contributed by atoms with E-state index in [2.05, 4.69) is 55.6 Å². The molecular formula is C72H137NO5. The maximum atomic E-state index is 12.5. The summed E-state index contributed by atoms with van der Waals surface area (Å²) in [5, 5.41) is 23.3. The molecule has 0 rings (SSSR count). The van der Waals surface area contributed by atoms with Crippen molar-refractivity contribution in [2.24, 2.45) is 0 Å². The Morgan fingerprint density at radius 1 is 0.359 bits per heavy atom. The maximum Gasteiger partial charge on any atom is 0.305 e. The Hall–Kier alpha value is -1.92. The molecule has 1 amide bonds. The molecule has 0 saturated carbocycles. The Balaban J connectivity index is 3.36. The molecule has 0 aromatic carbocycles. The van der Waals surface area contributed by atoms with Gasteiger partial charge in [-0.1, -0.05) is 326 Å². The number of amides is 1. The van der Waals surface area contributed by atoms with E-state index in [9.17, 15) is 19.8 Å². The van der Waals surface area contributed by atoms with Gasteiger partial charge in [-0.2, -0.15) is 0 Å². The van der Waals surface area contributed by atoms with Crippen molar-refractivity contribution in [3.05, 3.63) is 36.5 Å². The minimum absolute atomic E-state index is 0.00954. The highest BCUT2D eigenvalue weighted by atomic mass is 16.5. The molecule has 0 radical (unpaired) electrons. The lowest BCUT2D eigenvalue weighted by atomic mass is 10.0. The van der Waals surface area contributed by atoms with Crippen LogP contribution in [0.25, 0.3) is 0 Å². The monoisotopic (exact) mass is 1100 g/mol. The Kier molecular flexibility index (Phi) is 65.9. The van der Waals surface area contributed by atoms with Gasteiger partial charge in [0.1, 0.15) is 0 Å². The average Bonchev–Trinajstić information content (AvgIpc) is 3.44. The molecule has 6 nitrogen and oxygen atoms in total. The number of rotatable bonds is 66. The van der Waals surface area contributed by atoms with Crippen molar-refractivity contribution in [2.45, 2.75) is 398 Å². The molecule has 0 aliphatic rings. The summed E-state index contributed by atoms with van der Waals surface area (Å²) in [6.07, 6.45) is 86.2. The molecule has 0 aromatic heterocycles. The van der Waals surface area contributed by atoms with Gasteiger partial charge in [-0.3, -0.25) is 9.59 Å². The molecule has 2 atom stereocenters. The number of ether oxygens (including phenoxy) is 1. The third-order valence-electron chi connectivity index (χ3n) is 16.4. The van der Waals surface area contributed by atoms with Gasteiger partial charge >= 0.3 is 5.97 Å². The predicted molar refractivity (Wildman–Crippen MR) is 343 cm³/mol. The van der Waals surface area contributed by atoms with Crippen LogP contribution in [0.1, 0.15) is 386 Å². The van der Waals surface area contributed by atoms with Gasteiger partial charge in [-0.25, -0.2) is 0 Å². The molecule has 0 aliphatic carbocycles. The number of carbonyl (C=O) groups is 2. The molecule has 0 spiro atoms. The van der Waals surface area contributed by atoms with Crippen LogP contribution in [0.3, 0.4) is 0 Å². The molecule has 6 heteroatoms. The second kappa shape index (κ2) is 67.6. The number of unbranched alkanes of at least 4 members (excludes halogenated alkanes) is 49. The van der Waals surface area contributed by atoms with Crippen LogP contribution in [-0.2, 0) is 14.3 Å². The fourth-order valence-electron chi connectivity index (χ4n) is 11.0. The van der Waals surface area contributed by atoms with Crippen LogP contribution in [0.2, 0.25) is 0 Å². The Morgan fingerprint density at radius 3 is 1.00 bits per heavy atom. The van der Waals surface area contributed by atoms with Gasteiger partial charge in [-0.15, -0.1) is 0 Å². The van der Waals surface area contributed by atoms with E-state index in [4.69, 9.17) is 4.74 Å². The van der Waals surface area contributed by atoms with Crippen LogP contribution in [0.5, 0.6) is 0 Å². The minimum atomic E-state index is -0.663. The highest BCUT2D eigenvalue weighted by molar-refractivity contribution is 5.76. The first-order valence-corrected chi connectivity index (χ1v) is 35.2. The van der Waals surface area contributed by atoms with Crippen LogP contribution < -0.4 is 5.32 Å². The lowest BCUT2D eigenvalue weighted by Gasteiger charge is -2.22. The average molecular weight is 1100 g/mol. The molecule has 0 fully saturated rings. The highest BCUT2D eigenvalue weighted by Gasteiger charge is 2.20. The number of hydrogen-bond acceptors (Lipinski definition) is 5. The quantitative estimate of drug-likeness (QED) is 0.0320. The first-order valence-electron chi connectivity index (χ1n) is 35.2. The van der Waals surface area contributed by atoms with E-state index in [1.165, 1.54) is 302 Å². The van der Waals surface area contributed by atoms with Gasteiger partial charge in [0.15, 0.2) is 0 Å². The molecule has 0 aliphatic heterocycles. The largest absolute Gasteiger partial charge is 0.466 e. The van der Waals surface area contributed by atoms with Crippen molar-refractivity contribution in [3.8, 4) is 0 Å². The summed E-state index contributed by atoms with van der Waals surface area (Å²) in [7, 11) is 0. The topological polar surface area (TPSA) is 95.9 Å². The molecule has 0 aromatic rings. The second-order valence-corrected chi connectivity index (χ2v) is 24.2. The number of hydrogen-bond donors (Lipinski definition) is 3. The number of nitrogens with one attached hydrogen (secondary N) is 1. The summed E-state index contributed by atoms with van der Waals surface area (Å²) in [6, 6.07) is -0.541. The van der Waals surface area contributed by atoms with Gasteiger partial charge in [0.2, 0.25) is 5.91 Å². The Morgan fingerprint density at radius 2 is 0.641 bits per heavy atom. The Bertz CT molecular complexity index is 1260. The van der Waals surface area contributed by atoms with Gasteiger partial charge in [-0.05, 0) is 83.5 Å². The van der Waals surface area contributed by atoms with E-state index < -0.39 is 12.1 Å². The first-order chi connectivity index (χ1) is 38.5. The second-order valence-electron chi connectivity index (χ2n) is 24.2. The summed E-state index contributed by atoms with van der Waals surface area (Å²) < 4.78 is 5.50. The molecular weight excluding hydrogens is 959 g/mol. The summed E-state index contributed by atoms with van der Waals surface area (Å²) in [6.45, 7) is 4.96. The molecule has 78 heavy (non-hydrogen) atoms. The number of allylic oxidation sites excluding steroid dienone is 6. The van der Waals surface area contributed by atoms with E-state index in [-0.39, 0.29) is 18.5 Å². The van der Waals surface area contributed by atoms with Crippen molar-refractivity contribution >= 4 is 11.9 Å². The maximum absolute atomic E-state index is 12.5. The van der Waals surface area contributed by atoms with Crippen molar-refractivity contribution in [2.75, 3.05) is 13.2 Å². The zero-order valence-corrected chi connectivity index (χ0v) is 52.7. The van der Waals surface area contributed by atoms with Crippen LogP contribution >= 0.6 is 0 Å². The zero-order chi connectivity index (χ0) is 56.4. The number of aliphatic hydroxyl groups excluding tert-OH is 2. The van der Waals surface area contributed by atoms with Crippen molar-refractivity contribution in [1.29, 1.82) is 0 Å². The SMILES string of the molecule is CCCCCC/C=C\C/C=C\CCCCCCCCCC(=O)OCCCCCCCCCCCCCC/C=C\CCCCCCCCCCCCCCCC(=O)NC(CO)C(O)CCCCCCCCCCCCCCCC. The zero-order valence-electron chi connectivity index (χ0n) is 52.7. The normalized spacial score (nSPS) is 12.7. The number of carbonyl (C=O) groups excluding carboxylic acids is 2. The summed E-state index contributed by atoms with van der Waals surface area (Å²) in [4.78, 5) is 24.6. The van der Waals surface area contributed by atoms with E-state index in [0.29, 0.717) is 25.9 Å². The van der Waals surface area contributed by atoms with Crippen LogP contribution in [-0.4, -0.2) is 47.4 Å². The van der Waals surface area contributed by atoms with Gasteiger partial charge in [0.05, 0.1) is 25.4 Å². The lowest BCUT2D eigenvalue weighted by molar-refractivity contribution is -0.143. The highest BCUT2D eigenvalue weighted by Crippen LogP contribution is 2.18. The molecule has 460 valence electrons. The van der Waals surface area contributed by atoms with E-state index in [0.717, 1.165) is 51.4 Å². The van der Waals surface area contributed by atoms with Crippen molar-refractivity contribution in [1.82, 2.24) is 5.32 Å². The van der Waals surface area contributed by atoms with Gasteiger partial charge < -0.3 is 20.3 Å². The lowest BCUT2D eigenvalue weighted by Crippen LogP contribution is -2.45. The minimum Gasteiger partial charge on any atom is -0.466 e. The molecule has 0 saturated heterocycles. The van der Waals surface area contributed by atoms with Crippen LogP contribution in [0, 0.1) is 0 Å². The van der Waals surface area contributed by atoms with Gasteiger partial charge in [0.25, 0.3) is 0 Å². The van der Waals surface area contributed by atoms with Crippen molar-refractivity contribution < 1.29 is 24.5 Å². The number of aliphatic hydroxyl groups is 2. The third-order valence-corrected chi connectivity index (χ3v) is 16.4. The fraction of sp³-hybridized carbons (Fsp3) is 0.889. The van der Waals surface area contributed by atoms with Crippen molar-refractivity contribution in [3.63, 3.8) is 0 Å². The van der Waals surface area contributed by atoms with E-state index in [1.807, 2.05) is 0 Å². The van der Waals surface area contributed by atoms with Gasteiger partial charge in [0, 0.05) is 12.8 Å². The smallest absolute Gasteiger partial charge is 0.305 e.